The average Bonchev–Trinajstić information content (AvgIpc) is 2.96. The van der Waals surface area contributed by atoms with E-state index in [0.29, 0.717) is 24.3 Å². The number of hydrogen-bond acceptors (Lipinski definition) is 5. The number of sulfonamides is 1. The van der Waals surface area contributed by atoms with Crippen LogP contribution in [0, 0.1) is 5.41 Å². The molecule has 1 aliphatic heterocycles. The second-order valence-corrected chi connectivity index (χ2v) is 8.07. The molecule has 3 N–H and O–H groups in total. The lowest BCUT2D eigenvalue weighted by Gasteiger charge is -2.38. The van der Waals surface area contributed by atoms with Crippen LogP contribution in [0.4, 0.5) is 5.82 Å². The van der Waals surface area contributed by atoms with E-state index >= 15 is 0 Å². The summed E-state index contributed by atoms with van der Waals surface area (Å²) in [6.45, 7) is 1.24. The highest BCUT2D eigenvalue weighted by Gasteiger charge is 2.40. The zero-order chi connectivity index (χ0) is 14.9. The Morgan fingerprint density at radius 3 is 2.48 bits per heavy atom. The van der Waals surface area contributed by atoms with Gasteiger partial charge in [-0.1, -0.05) is 12.8 Å². The first-order valence-electron chi connectivity index (χ1n) is 7.49. The molecule has 3 rings (SSSR count). The number of nitrogens with zero attached hydrogens (tertiary/aromatic N) is 2. The standard InChI is InChI=1S/C14H22N4O2S/c15-17-13-11-12(3-8-16-13)21(19,20)18-9-6-14(7-10-18)4-1-2-5-14/h3,8,11H,1-2,4-7,9-10,15H2,(H,16,17). The van der Waals surface area contributed by atoms with Crippen molar-refractivity contribution < 1.29 is 8.42 Å². The van der Waals surface area contributed by atoms with Gasteiger partial charge in [0.1, 0.15) is 5.82 Å². The lowest BCUT2D eigenvalue weighted by atomic mass is 9.78. The van der Waals surface area contributed by atoms with Gasteiger partial charge in [-0.25, -0.2) is 19.2 Å². The van der Waals surface area contributed by atoms with E-state index in [-0.39, 0.29) is 4.90 Å². The minimum atomic E-state index is -3.44. The van der Waals surface area contributed by atoms with Crippen molar-refractivity contribution in [1.29, 1.82) is 0 Å². The van der Waals surface area contributed by atoms with Crippen LogP contribution in [0.15, 0.2) is 23.2 Å². The summed E-state index contributed by atoms with van der Waals surface area (Å²) in [6, 6.07) is 3.01. The Morgan fingerprint density at radius 2 is 1.86 bits per heavy atom. The van der Waals surface area contributed by atoms with Gasteiger partial charge in [0.25, 0.3) is 0 Å². The first kappa shape index (κ1) is 14.7. The number of pyridine rings is 1. The van der Waals surface area contributed by atoms with Crippen molar-refractivity contribution in [2.24, 2.45) is 11.3 Å². The quantitative estimate of drug-likeness (QED) is 0.655. The Morgan fingerprint density at radius 1 is 1.19 bits per heavy atom. The molecule has 6 nitrogen and oxygen atoms in total. The van der Waals surface area contributed by atoms with Crippen LogP contribution in [0.3, 0.4) is 0 Å². The van der Waals surface area contributed by atoms with Crippen LogP contribution in [0.5, 0.6) is 0 Å². The third kappa shape index (κ3) is 2.77. The molecular formula is C14H22N4O2S. The van der Waals surface area contributed by atoms with Crippen LogP contribution in [-0.4, -0.2) is 30.8 Å². The van der Waals surface area contributed by atoms with E-state index in [1.54, 1.807) is 4.31 Å². The Hall–Kier alpha value is -1.18. The van der Waals surface area contributed by atoms with Crippen molar-refractivity contribution in [2.45, 2.75) is 43.4 Å². The van der Waals surface area contributed by atoms with Crippen LogP contribution in [-0.2, 0) is 10.0 Å². The molecule has 1 saturated heterocycles. The minimum absolute atomic E-state index is 0.257. The largest absolute Gasteiger partial charge is 0.308 e. The van der Waals surface area contributed by atoms with Gasteiger partial charge < -0.3 is 5.43 Å². The van der Waals surface area contributed by atoms with Crippen LogP contribution >= 0.6 is 0 Å². The van der Waals surface area contributed by atoms with E-state index in [0.717, 1.165) is 12.8 Å². The molecule has 0 atom stereocenters. The highest BCUT2D eigenvalue weighted by molar-refractivity contribution is 7.89. The molecule has 1 aromatic heterocycles. The maximum atomic E-state index is 12.7. The number of nitrogens with two attached hydrogens (primary N) is 1. The molecule has 0 bridgehead atoms. The molecule has 1 aliphatic carbocycles. The molecule has 7 heteroatoms. The summed E-state index contributed by atoms with van der Waals surface area (Å²) < 4.78 is 27.0. The second kappa shape index (κ2) is 5.55. The van der Waals surface area contributed by atoms with Crippen molar-refractivity contribution in [3.63, 3.8) is 0 Å². The van der Waals surface area contributed by atoms with E-state index in [1.165, 1.54) is 44.0 Å². The lowest BCUT2D eigenvalue weighted by molar-refractivity contribution is 0.160. The number of hydrogen-bond donors (Lipinski definition) is 2. The maximum absolute atomic E-state index is 12.7. The minimum Gasteiger partial charge on any atom is -0.308 e. The van der Waals surface area contributed by atoms with E-state index in [2.05, 4.69) is 10.4 Å². The average molecular weight is 310 g/mol. The molecular weight excluding hydrogens is 288 g/mol. The number of nitrogen functional groups attached to an aromatic ring is 1. The predicted octanol–water partition coefficient (Wildman–Crippen LogP) is 1.71. The number of anilines is 1. The van der Waals surface area contributed by atoms with Crippen molar-refractivity contribution >= 4 is 15.8 Å². The lowest BCUT2D eigenvalue weighted by Crippen LogP contribution is -2.42. The third-order valence-electron chi connectivity index (χ3n) is 4.96. The molecule has 0 aromatic carbocycles. The number of nitrogens with one attached hydrogen (secondary N) is 1. The Labute approximate surface area is 125 Å². The summed E-state index contributed by atoms with van der Waals surface area (Å²) in [5.41, 5.74) is 2.80. The van der Waals surface area contributed by atoms with Crippen molar-refractivity contribution in [1.82, 2.24) is 9.29 Å². The second-order valence-electron chi connectivity index (χ2n) is 6.13. The summed E-state index contributed by atoms with van der Waals surface area (Å²) >= 11 is 0. The van der Waals surface area contributed by atoms with Crippen LogP contribution in [0.1, 0.15) is 38.5 Å². The Balaban J connectivity index is 1.76. The van der Waals surface area contributed by atoms with Crippen LogP contribution in [0.25, 0.3) is 0 Å². The summed E-state index contributed by atoms with van der Waals surface area (Å²) in [6.07, 6.45) is 8.54. The fourth-order valence-electron chi connectivity index (χ4n) is 3.63. The summed E-state index contributed by atoms with van der Waals surface area (Å²) in [5.74, 6) is 5.66. The van der Waals surface area contributed by atoms with Gasteiger partial charge in [-0.2, -0.15) is 4.31 Å². The van der Waals surface area contributed by atoms with Gasteiger partial charge in [0, 0.05) is 25.4 Å². The van der Waals surface area contributed by atoms with Gasteiger partial charge in [-0.15, -0.1) is 0 Å². The van der Waals surface area contributed by atoms with Crippen molar-refractivity contribution in [3.05, 3.63) is 18.3 Å². The first-order chi connectivity index (χ1) is 10.1. The fraction of sp³-hybridized carbons (Fsp3) is 0.643. The van der Waals surface area contributed by atoms with E-state index in [4.69, 9.17) is 5.84 Å². The molecule has 0 amide bonds. The third-order valence-corrected chi connectivity index (χ3v) is 6.86. The topological polar surface area (TPSA) is 88.3 Å². The molecule has 116 valence electrons. The zero-order valence-electron chi connectivity index (χ0n) is 12.1. The molecule has 1 saturated carbocycles. The van der Waals surface area contributed by atoms with Gasteiger partial charge in [-0.3, -0.25) is 0 Å². The molecule has 0 unspecified atom stereocenters. The first-order valence-corrected chi connectivity index (χ1v) is 8.93. The molecule has 2 fully saturated rings. The van der Waals surface area contributed by atoms with E-state index < -0.39 is 10.0 Å². The highest BCUT2D eigenvalue weighted by Crippen LogP contribution is 2.46. The maximum Gasteiger partial charge on any atom is 0.243 e. The van der Waals surface area contributed by atoms with Gasteiger partial charge in [0.2, 0.25) is 10.0 Å². The summed E-state index contributed by atoms with van der Waals surface area (Å²) in [5, 5.41) is 0. The highest BCUT2D eigenvalue weighted by atomic mass is 32.2. The van der Waals surface area contributed by atoms with Gasteiger partial charge in [-0.05, 0) is 37.2 Å². The Kier molecular flexibility index (Phi) is 3.90. The van der Waals surface area contributed by atoms with Gasteiger partial charge >= 0.3 is 0 Å². The number of hydrazine groups is 1. The summed E-state index contributed by atoms with van der Waals surface area (Å²) in [4.78, 5) is 4.21. The number of rotatable bonds is 3. The molecule has 2 heterocycles. The predicted molar refractivity (Wildman–Crippen MR) is 80.9 cm³/mol. The Bertz CT molecular complexity index is 601. The van der Waals surface area contributed by atoms with E-state index in [1.807, 2.05) is 0 Å². The van der Waals surface area contributed by atoms with Crippen molar-refractivity contribution in [3.8, 4) is 0 Å². The molecule has 1 spiro atoms. The molecule has 0 radical (unpaired) electrons. The van der Waals surface area contributed by atoms with Gasteiger partial charge in [0.15, 0.2) is 0 Å². The molecule has 2 aliphatic rings. The normalized spacial score (nSPS) is 22.5. The smallest absolute Gasteiger partial charge is 0.243 e. The van der Waals surface area contributed by atoms with E-state index in [9.17, 15) is 8.42 Å². The fourth-order valence-corrected chi connectivity index (χ4v) is 5.08. The molecule has 21 heavy (non-hydrogen) atoms. The number of aromatic nitrogens is 1. The van der Waals surface area contributed by atoms with Crippen LogP contribution < -0.4 is 11.3 Å². The summed E-state index contributed by atoms with van der Waals surface area (Å²) in [7, 11) is -3.44. The van der Waals surface area contributed by atoms with Gasteiger partial charge in [0.05, 0.1) is 4.90 Å². The van der Waals surface area contributed by atoms with Crippen LogP contribution in [0.2, 0.25) is 0 Å². The number of piperidine rings is 1. The zero-order valence-corrected chi connectivity index (χ0v) is 12.9. The SMILES string of the molecule is NNc1cc(S(=O)(=O)N2CCC3(CCCC3)CC2)ccn1. The monoisotopic (exact) mass is 310 g/mol. The van der Waals surface area contributed by atoms with Crippen molar-refractivity contribution in [2.75, 3.05) is 18.5 Å². The molecule has 1 aromatic rings.